The summed E-state index contributed by atoms with van der Waals surface area (Å²) in [5.41, 5.74) is 0.990. The molecule has 9 heteroatoms. The SMILES string of the molecule is CC(=O)Nc1ccc(NC(=O)CN2C(=O)C(=O)N(CC(C)C)C2=O)cc1. The second kappa shape index (κ2) is 7.77. The van der Waals surface area contributed by atoms with Gasteiger partial charge in [0.1, 0.15) is 6.54 Å². The number of nitrogens with zero attached hydrogens (tertiary/aromatic N) is 2. The number of carbonyl (C=O) groups excluding carboxylic acids is 5. The predicted molar refractivity (Wildman–Crippen MR) is 93.0 cm³/mol. The number of carbonyl (C=O) groups is 5. The number of nitrogens with one attached hydrogen (secondary N) is 2. The van der Waals surface area contributed by atoms with Crippen molar-refractivity contribution in [1.82, 2.24) is 9.80 Å². The summed E-state index contributed by atoms with van der Waals surface area (Å²) >= 11 is 0. The van der Waals surface area contributed by atoms with Crippen LogP contribution < -0.4 is 10.6 Å². The molecule has 0 aromatic heterocycles. The Morgan fingerprint density at radius 2 is 1.42 bits per heavy atom. The fourth-order valence-corrected chi connectivity index (χ4v) is 2.40. The van der Waals surface area contributed by atoms with Crippen molar-refractivity contribution in [1.29, 1.82) is 0 Å². The van der Waals surface area contributed by atoms with Crippen LogP contribution in [-0.4, -0.2) is 52.5 Å². The van der Waals surface area contributed by atoms with E-state index in [1.807, 2.05) is 13.8 Å². The van der Waals surface area contributed by atoms with Crippen LogP contribution in [0, 0.1) is 5.92 Å². The summed E-state index contributed by atoms with van der Waals surface area (Å²) in [5, 5.41) is 5.12. The average molecular weight is 360 g/mol. The van der Waals surface area contributed by atoms with Crippen LogP contribution in [0.2, 0.25) is 0 Å². The van der Waals surface area contributed by atoms with E-state index in [0.29, 0.717) is 16.3 Å². The van der Waals surface area contributed by atoms with Crippen molar-refractivity contribution in [3.05, 3.63) is 24.3 Å². The van der Waals surface area contributed by atoms with Crippen LogP contribution in [0.1, 0.15) is 20.8 Å². The first kappa shape index (κ1) is 19.1. The zero-order valence-corrected chi connectivity index (χ0v) is 14.7. The van der Waals surface area contributed by atoms with Crippen LogP contribution in [0.25, 0.3) is 0 Å². The highest BCUT2D eigenvalue weighted by molar-refractivity contribution is 6.45. The molecule has 0 aliphatic carbocycles. The maximum Gasteiger partial charge on any atom is 0.334 e. The van der Waals surface area contributed by atoms with Crippen LogP contribution in [0.5, 0.6) is 0 Å². The molecule has 9 nitrogen and oxygen atoms in total. The Kier molecular flexibility index (Phi) is 5.71. The summed E-state index contributed by atoms with van der Waals surface area (Å²) in [4.78, 5) is 60.5. The van der Waals surface area contributed by atoms with Gasteiger partial charge in [0.05, 0.1) is 0 Å². The fraction of sp³-hybridized carbons (Fsp3) is 0.353. The lowest BCUT2D eigenvalue weighted by atomic mass is 10.2. The maximum atomic E-state index is 12.2. The molecule has 1 aliphatic heterocycles. The summed E-state index contributed by atoms with van der Waals surface area (Å²) in [7, 11) is 0. The van der Waals surface area contributed by atoms with Gasteiger partial charge in [-0.25, -0.2) is 9.69 Å². The first-order chi connectivity index (χ1) is 12.2. The second-order valence-electron chi connectivity index (χ2n) is 6.29. The lowest BCUT2D eigenvalue weighted by Gasteiger charge is -2.16. The van der Waals surface area contributed by atoms with Gasteiger partial charge in [0.15, 0.2) is 0 Å². The van der Waals surface area contributed by atoms with Gasteiger partial charge in [0.25, 0.3) is 0 Å². The van der Waals surface area contributed by atoms with Crippen molar-refractivity contribution in [3.8, 4) is 0 Å². The maximum absolute atomic E-state index is 12.2. The van der Waals surface area contributed by atoms with Crippen LogP contribution in [0.15, 0.2) is 24.3 Å². The molecule has 2 rings (SSSR count). The molecule has 1 aromatic carbocycles. The molecule has 0 unspecified atom stereocenters. The molecular formula is C17H20N4O5. The van der Waals surface area contributed by atoms with E-state index in [-0.39, 0.29) is 18.4 Å². The topological polar surface area (TPSA) is 116 Å². The van der Waals surface area contributed by atoms with Crippen LogP contribution in [0.4, 0.5) is 16.2 Å². The van der Waals surface area contributed by atoms with Gasteiger partial charge in [0, 0.05) is 24.8 Å². The third-order valence-corrected chi connectivity index (χ3v) is 3.47. The number of benzene rings is 1. The van der Waals surface area contributed by atoms with Gasteiger partial charge >= 0.3 is 17.8 Å². The van der Waals surface area contributed by atoms with Gasteiger partial charge in [0.2, 0.25) is 11.8 Å². The number of hydrogen-bond acceptors (Lipinski definition) is 5. The van der Waals surface area contributed by atoms with Gasteiger partial charge in [-0.1, -0.05) is 13.8 Å². The van der Waals surface area contributed by atoms with E-state index in [4.69, 9.17) is 0 Å². The quantitative estimate of drug-likeness (QED) is 0.581. The number of anilines is 2. The second-order valence-corrected chi connectivity index (χ2v) is 6.29. The molecular weight excluding hydrogens is 340 g/mol. The summed E-state index contributed by atoms with van der Waals surface area (Å²) in [6.45, 7) is 4.57. The zero-order chi connectivity index (χ0) is 19.4. The molecule has 1 heterocycles. The van der Waals surface area contributed by atoms with E-state index in [1.165, 1.54) is 6.92 Å². The Hall–Kier alpha value is -3.23. The van der Waals surface area contributed by atoms with Crippen molar-refractivity contribution in [2.45, 2.75) is 20.8 Å². The minimum absolute atomic E-state index is 0.00611. The minimum Gasteiger partial charge on any atom is -0.326 e. The van der Waals surface area contributed by atoms with E-state index in [1.54, 1.807) is 24.3 Å². The van der Waals surface area contributed by atoms with E-state index in [9.17, 15) is 24.0 Å². The van der Waals surface area contributed by atoms with Gasteiger partial charge in [-0.15, -0.1) is 0 Å². The molecule has 0 radical (unpaired) electrons. The molecule has 1 saturated heterocycles. The largest absolute Gasteiger partial charge is 0.334 e. The standard InChI is InChI=1S/C17H20N4O5/c1-10(2)8-20-15(24)16(25)21(17(20)26)9-14(23)19-13-6-4-12(5-7-13)18-11(3)22/h4-7,10H,8-9H2,1-3H3,(H,18,22)(H,19,23). The molecule has 138 valence electrons. The van der Waals surface area contributed by atoms with E-state index in [2.05, 4.69) is 10.6 Å². The molecule has 0 spiro atoms. The Morgan fingerprint density at radius 3 is 1.92 bits per heavy atom. The fourth-order valence-electron chi connectivity index (χ4n) is 2.40. The van der Waals surface area contributed by atoms with Crippen molar-refractivity contribution in [2.24, 2.45) is 5.92 Å². The molecule has 2 N–H and O–H groups in total. The number of hydrogen-bond donors (Lipinski definition) is 2. The highest BCUT2D eigenvalue weighted by atomic mass is 16.2. The summed E-state index contributed by atoms with van der Waals surface area (Å²) in [6.07, 6.45) is 0. The molecule has 1 aromatic rings. The van der Waals surface area contributed by atoms with Gasteiger partial charge in [-0.05, 0) is 30.2 Å². The lowest BCUT2D eigenvalue weighted by Crippen LogP contribution is -2.39. The summed E-state index contributed by atoms with van der Waals surface area (Å²) in [6, 6.07) is 5.53. The third kappa shape index (κ3) is 4.44. The molecule has 0 atom stereocenters. The van der Waals surface area contributed by atoms with Gasteiger partial charge in [-0.2, -0.15) is 0 Å². The van der Waals surface area contributed by atoms with Crippen LogP contribution >= 0.6 is 0 Å². The van der Waals surface area contributed by atoms with E-state index >= 15 is 0 Å². The molecule has 0 saturated carbocycles. The number of imide groups is 2. The zero-order valence-electron chi connectivity index (χ0n) is 14.7. The Labute approximate surface area is 150 Å². The Balaban J connectivity index is 1.99. The van der Waals surface area contributed by atoms with Crippen LogP contribution in [0.3, 0.4) is 0 Å². The van der Waals surface area contributed by atoms with Crippen molar-refractivity contribution in [2.75, 3.05) is 23.7 Å². The minimum atomic E-state index is -1.01. The highest BCUT2D eigenvalue weighted by Gasteiger charge is 2.45. The lowest BCUT2D eigenvalue weighted by molar-refractivity contribution is -0.143. The average Bonchev–Trinajstić information content (AvgIpc) is 2.74. The van der Waals surface area contributed by atoms with Crippen LogP contribution in [-0.2, 0) is 19.2 Å². The molecule has 6 amide bonds. The Morgan fingerprint density at radius 1 is 0.923 bits per heavy atom. The van der Waals surface area contributed by atoms with Gasteiger partial charge < -0.3 is 10.6 Å². The number of amides is 6. The van der Waals surface area contributed by atoms with E-state index in [0.717, 1.165) is 4.90 Å². The molecule has 1 fully saturated rings. The van der Waals surface area contributed by atoms with Crippen molar-refractivity contribution < 1.29 is 24.0 Å². The molecule has 26 heavy (non-hydrogen) atoms. The number of urea groups is 1. The van der Waals surface area contributed by atoms with Gasteiger partial charge in [-0.3, -0.25) is 24.1 Å². The van der Waals surface area contributed by atoms with Crippen molar-refractivity contribution >= 4 is 41.0 Å². The normalized spacial score (nSPS) is 14.2. The molecule has 1 aliphatic rings. The molecule has 0 bridgehead atoms. The first-order valence-electron chi connectivity index (χ1n) is 8.04. The Bertz CT molecular complexity index is 757. The summed E-state index contributed by atoms with van der Waals surface area (Å²) in [5.74, 6) is -2.75. The summed E-state index contributed by atoms with van der Waals surface area (Å²) < 4.78 is 0. The third-order valence-electron chi connectivity index (χ3n) is 3.47. The predicted octanol–water partition coefficient (Wildman–Crippen LogP) is 1.03. The highest BCUT2D eigenvalue weighted by Crippen LogP contribution is 2.16. The van der Waals surface area contributed by atoms with E-state index < -0.39 is 30.3 Å². The van der Waals surface area contributed by atoms with Crippen molar-refractivity contribution in [3.63, 3.8) is 0 Å². The number of rotatable bonds is 6. The monoisotopic (exact) mass is 360 g/mol. The first-order valence-corrected chi connectivity index (χ1v) is 8.04. The smallest absolute Gasteiger partial charge is 0.326 e.